The van der Waals surface area contributed by atoms with Crippen molar-refractivity contribution in [1.29, 1.82) is 0 Å². The Morgan fingerprint density at radius 2 is 1.88 bits per heavy atom. The molecule has 24 heavy (non-hydrogen) atoms. The van der Waals surface area contributed by atoms with Crippen LogP contribution in [0.1, 0.15) is 11.1 Å². The summed E-state index contributed by atoms with van der Waals surface area (Å²) >= 11 is 5.55. The highest BCUT2D eigenvalue weighted by molar-refractivity contribution is 6.30. The van der Waals surface area contributed by atoms with Gasteiger partial charge in [0.15, 0.2) is 0 Å². The molecule has 2 aromatic rings. The molecule has 0 atom stereocenters. The molecule has 2 N–H and O–H groups in total. The van der Waals surface area contributed by atoms with Crippen LogP contribution in [0.2, 0.25) is 5.02 Å². The highest BCUT2D eigenvalue weighted by atomic mass is 35.5. The fourth-order valence-corrected chi connectivity index (χ4v) is 2.01. The minimum Gasteiger partial charge on any atom is -0.314 e. The molecule has 0 saturated heterocycles. The molecule has 0 spiro atoms. The number of benzene rings is 2. The molecule has 3 nitrogen and oxygen atoms in total. The van der Waals surface area contributed by atoms with Gasteiger partial charge < -0.3 is 10.6 Å². The number of amides is 2. The first kappa shape index (κ1) is 17.8. The van der Waals surface area contributed by atoms with Gasteiger partial charge in [-0.2, -0.15) is 13.2 Å². The highest BCUT2D eigenvalue weighted by Gasteiger charge is 2.34. The second-order valence-electron chi connectivity index (χ2n) is 4.67. The van der Waals surface area contributed by atoms with E-state index in [0.29, 0.717) is 5.56 Å². The minimum absolute atomic E-state index is 0.0979. The van der Waals surface area contributed by atoms with Gasteiger partial charge >= 0.3 is 12.2 Å². The van der Waals surface area contributed by atoms with Gasteiger partial charge in [-0.25, -0.2) is 9.18 Å². The summed E-state index contributed by atoms with van der Waals surface area (Å²) in [5.74, 6) is -0.447. The van der Waals surface area contributed by atoms with Crippen molar-refractivity contribution in [3.8, 4) is 0 Å². The van der Waals surface area contributed by atoms with Crippen molar-refractivity contribution in [3.05, 3.63) is 70.6 Å². The molecule has 2 rings (SSSR count). The van der Waals surface area contributed by atoms with E-state index < -0.39 is 29.3 Å². The average molecular weight is 359 g/mol. The van der Waals surface area contributed by atoms with E-state index in [-0.39, 0.29) is 5.02 Å². The van der Waals surface area contributed by atoms with E-state index in [1.54, 1.807) is 6.07 Å². The number of urea groups is 1. The Bertz CT molecular complexity index is 775. The lowest BCUT2D eigenvalue weighted by Crippen LogP contribution is -2.25. The van der Waals surface area contributed by atoms with Crippen molar-refractivity contribution in [1.82, 2.24) is 5.32 Å². The molecule has 0 saturated carbocycles. The van der Waals surface area contributed by atoms with Crippen molar-refractivity contribution >= 4 is 29.4 Å². The number of rotatable bonds is 3. The summed E-state index contributed by atoms with van der Waals surface area (Å²) in [5.41, 5.74) is -0.999. The Morgan fingerprint density at radius 1 is 1.12 bits per heavy atom. The molecule has 0 unspecified atom stereocenters. The molecular formula is C16H11ClF4N2O. The second kappa shape index (κ2) is 7.35. The zero-order chi connectivity index (χ0) is 17.7. The first-order valence-electron chi connectivity index (χ1n) is 6.62. The topological polar surface area (TPSA) is 41.1 Å². The minimum atomic E-state index is -4.66. The van der Waals surface area contributed by atoms with Crippen molar-refractivity contribution in [2.45, 2.75) is 6.18 Å². The Labute approximate surface area is 139 Å². The summed E-state index contributed by atoms with van der Waals surface area (Å²) in [7, 11) is 0. The summed E-state index contributed by atoms with van der Waals surface area (Å²) < 4.78 is 51.7. The van der Waals surface area contributed by atoms with Gasteiger partial charge in [-0.15, -0.1) is 0 Å². The number of alkyl halides is 3. The van der Waals surface area contributed by atoms with Gasteiger partial charge in [0.2, 0.25) is 0 Å². The quantitative estimate of drug-likeness (QED) is 0.719. The van der Waals surface area contributed by atoms with Gasteiger partial charge in [-0.1, -0.05) is 23.7 Å². The van der Waals surface area contributed by atoms with Crippen LogP contribution in [0.25, 0.3) is 6.08 Å². The van der Waals surface area contributed by atoms with Crippen LogP contribution in [-0.2, 0) is 6.18 Å². The molecular weight excluding hydrogens is 348 g/mol. The number of hydrogen-bond donors (Lipinski definition) is 2. The molecule has 0 radical (unpaired) electrons. The van der Waals surface area contributed by atoms with Crippen molar-refractivity contribution in [2.75, 3.05) is 5.32 Å². The third-order valence-corrected chi connectivity index (χ3v) is 3.11. The standard InChI is InChI=1S/C16H11ClF4N2O/c17-11-4-5-14(13(9-11)16(19,20)21)23-15(24)22-7-6-10-2-1-3-12(18)8-10/h1-9H,(H2,22,23,24)/b7-6+. The maximum atomic E-state index is 13.0. The van der Waals surface area contributed by atoms with Gasteiger partial charge in [0.25, 0.3) is 0 Å². The number of nitrogens with one attached hydrogen (secondary N) is 2. The van der Waals surface area contributed by atoms with Crippen LogP contribution in [0.3, 0.4) is 0 Å². The number of anilines is 1. The Hall–Kier alpha value is -2.54. The van der Waals surface area contributed by atoms with Crippen LogP contribution >= 0.6 is 11.6 Å². The van der Waals surface area contributed by atoms with E-state index in [4.69, 9.17) is 11.6 Å². The Morgan fingerprint density at radius 3 is 2.54 bits per heavy atom. The van der Waals surface area contributed by atoms with Crippen molar-refractivity contribution < 1.29 is 22.4 Å². The van der Waals surface area contributed by atoms with Crippen molar-refractivity contribution in [2.24, 2.45) is 0 Å². The Kier molecular flexibility index (Phi) is 5.46. The van der Waals surface area contributed by atoms with Crippen LogP contribution in [0.5, 0.6) is 0 Å². The average Bonchev–Trinajstić information content (AvgIpc) is 2.48. The molecule has 0 bridgehead atoms. The lowest BCUT2D eigenvalue weighted by molar-refractivity contribution is -0.136. The summed E-state index contributed by atoms with van der Waals surface area (Å²) in [6, 6.07) is 7.71. The van der Waals surface area contributed by atoms with Crippen LogP contribution in [0.15, 0.2) is 48.7 Å². The molecule has 2 amide bonds. The van der Waals surface area contributed by atoms with E-state index in [1.807, 2.05) is 0 Å². The highest BCUT2D eigenvalue weighted by Crippen LogP contribution is 2.36. The first-order valence-corrected chi connectivity index (χ1v) is 7.00. The van der Waals surface area contributed by atoms with Gasteiger partial charge in [-0.05, 0) is 42.0 Å². The zero-order valence-electron chi connectivity index (χ0n) is 12.0. The molecule has 0 fully saturated rings. The monoisotopic (exact) mass is 358 g/mol. The summed E-state index contributed by atoms with van der Waals surface area (Å²) in [5, 5.41) is 4.23. The maximum Gasteiger partial charge on any atom is 0.418 e. The summed E-state index contributed by atoms with van der Waals surface area (Å²) in [6.45, 7) is 0. The Balaban J connectivity index is 2.05. The molecule has 0 heterocycles. The van der Waals surface area contributed by atoms with Crippen LogP contribution in [-0.4, -0.2) is 6.03 Å². The fourth-order valence-electron chi connectivity index (χ4n) is 1.84. The molecule has 0 aromatic heterocycles. The maximum absolute atomic E-state index is 13.0. The molecule has 126 valence electrons. The van der Waals surface area contributed by atoms with Crippen molar-refractivity contribution in [3.63, 3.8) is 0 Å². The van der Waals surface area contributed by atoms with Crippen LogP contribution < -0.4 is 10.6 Å². The lowest BCUT2D eigenvalue weighted by atomic mass is 10.1. The third kappa shape index (κ3) is 4.99. The third-order valence-electron chi connectivity index (χ3n) is 2.87. The number of halogens is 5. The normalized spacial score (nSPS) is 11.5. The summed E-state index contributed by atoms with van der Waals surface area (Å²) in [6.07, 6.45) is -2.08. The largest absolute Gasteiger partial charge is 0.418 e. The SMILES string of the molecule is O=C(N/C=C/c1cccc(F)c1)Nc1ccc(Cl)cc1C(F)(F)F. The van der Waals surface area contributed by atoms with Gasteiger partial charge in [0, 0.05) is 11.2 Å². The first-order chi connectivity index (χ1) is 11.3. The molecule has 8 heteroatoms. The van der Waals surface area contributed by atoms with Gasteiger partial charge in [0.05, 0.1) is 11.3 Å². The lowest BCUT2D eigenvalue weighted by Gasteiger charge is -2.13. The zero-order valence-corrected chi connectivity index (χ0v) is 12.8. The molecule has 2 aromatic carbocycles. The number of carbonyl (C=O) groups excluding carboxylic acids is 1. The molecule has 0 aliphatic carbocycles. The van der Waals surface area contributed by atoms with E-state index in [2.05, 4.69) is 10.6 Å². The molecule has 0 aliphatic rings. The van der Waals surface area contributed by atoms with Gasteiger partial charge in [-0.3, -0.25) is 0 Å². The van der Waals surface area contributed by atoms with Gasteiger partial charge in [0.1, 0.15) is 5.82 Å². The van der Waals surface area contributed by atoms with E-state index in [0.717, 1.165) is 12.1 Å². The van der Waals surface area contributed by atoms with Crippen LogP contribution in [0.4, 0.5) is 28.0 Å². The van der Waals surface area contributed by atoms with E-state index >= 15 is 0 Å². The van der Waals surface area contributed by atoms with E-state index in [1.165, 1.54) is 36.5 Å². The smallest absolute Gasteiger partial charge is 0.314 e. The van der Waals surface area contributed by atoms with E-state index in [9.17, 15) is 22.4 Å². The fraction of sp³-hybridized carbons (Fsp3) is 0.0625. The second-order valence-corrected chi connectivity index (χ2v) is 5.11. The number of carbonyl (C=O) groups is 1. The summed E-state index contributed by atoms with van der Waals surface area (Å²) in [4.78, 5) is 11.7. The van der Waals surface area contributed by atoms with Crippen LogP contribution in [0, 0.1) is 5.82 Å². The number of hydrogen-bond acceptors (Lipinski definition) is 1. The predicted molar refractivity (Wildman–Crippen MR) is 84.0 cm³/mol. The predicted octanol–water partition coefficient (Wildman–Crippen LogP) is 5.29. The molecule has 0 aliphatic heterocycles.